The van der Waals surface area contributed by atoms with Crippen LogP contribution >= 0.6 is 0 Å². The molecule has 106 valence electrons. The number of methoxy groups -OCH3 is 3. The highest BCUT2D eigenvalue weighted by atomic mass is 16.5. The van der Waals surface area contributed by atoms with Crippen molar-refractivity contribution in [3.63, 3.8) is 0 Å². The Balaban J connectivity index is 3.11. The molecule has 1 rings (SSSR count). The minimum Gasteiger partial charge on any atom is -0.493 e. The van der Waals surface area contributed by atoms with E-state index >= 15 is 0 Å². The van der Waals surface area contributed by atoms with E-state index in [9.17, 15) is 5.26 Å². The van der Waals surface area contributed by atoms with Crippen LogP contribution in [-0.4, -0.2) is 21.3 Å². The molecule has 0 aliphatic carbocycles. The zero-order valence-electron chi connectivity index (χ0n) is 12.0. The van der Waals surface area contributed by atoms with Gasteiger partial charge < -0.3 is 14.2 Å². The lowest BCUT2D eigenvalue weighted by atomic mass is 9.94. The molecule has 0 aliphatic rings. The molecule has 5 nitrogen and oxygen atoms in total. The van der Waals surface area contributed by atoms with E-state index in [-0.39, 0.29) is 5.92 Å². The quantitative estimate of drug-likeness (QED) is 0.714. The van der Waals surface area contributed by atoms with Gasteiger partial charge in [0.15, 0.2) is 11.5 Å². The lowest BCUT2D eigenvalue weighted by Crippen LogP contribution is -2.01. The summed E-state index contributed by atoms with van der Waals surface area (Å²) in [5.74, 6) is 1.27. The SMILES string of the molecule is COc1cc(C(C#N)CCCC#N)cc(OC)c1OC. The Morgan fingerprint density at radius 3 is 2.05 bits per heavy atom. The summed E-state index contributed by atoms with van der Waals surface area (Å²) in [5, 5.41) is 17.9. The van der Waals surface area contributed by atoms with Crippen LogP contribution < -0.4 is 14.2 Å². The molecule has 0 radical (unpaired) electrons. The monoisotopic (exact) mass is 274 g/mol. The van der Waals surface area contributed by atoms with Crippen LogP contribution in [0.2, 0.25) is 0 Å². The fraction of sp³-hybridized carbons (Fsp3) is 0.467. The number of hydrogen-bond donors (Lipinski definition) is 0. The zero-order valence-corrected chi connectivity index (χ0v) is 12.0. The zero-order chi connectivity index (χ0) is 15.0. The number of nitrogens with zero attached hydrogens (tertiary/aromatic N) is 2. The number of ether oxygens (including phenoxy) is 3. The van der Waals surface area contributed by atoms with Gasteiger partial charge in [0, 0.05) is 6.42 Å². The summed E-state index contributed by atoms with van der Waals surface area (Å²) in [6, 6.07) is 7.90. The lowest BCUT2D eigenvalue weighted by Gasteiger charge is -2.16. The molecule has 1 aromatic rings. The average Bonchev–Trinajstić information content (AvgIpc) is 2.50. The summed E-state index contributed by atoms with van der Waals surface area (Å²) in [5.41, 5.74) is 0.805. The topological polar surface area (TPSA) is 75.3 Å². The summed E-state index contributed by atoms with van der Waals surface area (Å²) in [7, 11) is 4.62. The molecule has 5 heteroatoms. The van der Waals surface area contributed by atoms with Crippen molar-refractivity contribution in [1.29, 1.82) is 10.5 Å². The van der Waals surface area contributed by atoms with Gasteiger partial charge in [0.25, 0.3) is 0 Å². The van der Waals surface area contributed by atoms with Gasteiger partial charge in [-0.15, -0.1) is 0 Å². The van der Waals surface area contributed by atoms with Crippen molar-refractivity contribution in [3.8, 4) is 29.4 Å². The fourth-order valence-electron chi connectivity index (χ4n) is 1.99. The van der Waals surface area contributed by atoms with Crippen molar-refractivity contribution in [2.24, 2.45) is 0 Å². The molecule has 0 aliphatic heterocycles. The first kappa shape index (κ1) is 15.7. The van der Waals surface area contributed by atoms with E-state index in [4.69, 9.17) is 19.5 Å². The van der Waals surface area contributed by atoms with Crippen molar-refractivity contribution in [2.45, 2.75) is 25.2 Å². The third kappa shape index (κ3) is 3.55. The normalized spacial score (nSPS) is 11.1. The van der Waals surface area contributed by atoms with E-state index in [0.717, 1.165) is 5.56 Å². The molecule has 20 heavy (non-hydrogen) atoms. The van der Waals surface area contributed by atoms with E-state index in [2.05, 4.69) is 12.1 Å². The molecule has 0 saturated heterocycles. The Bertz CT molecular complexity index is 504. The van der Waals surface area contributed by atoms with Crippen LogP contribution in [0.3, 0.4) is 0 Å². The van der Waals surface area contributed by atoms with Crippen LogP contribution in [0, 0.1) is 22.7 Å². The van der Waals surface area contributed by atoms with Crippen molar-refractivity contribution in [1.82, 2.24) is 0 Å². The Morgan fingerprint density at radius 1 is 1.05 bits per heavy atom. The third-order valence-corrected chi connectivity index (χ3v) is 3.03. The predicted octanol–water partition coefficient (Wildman–Crippen LogP) is 3.01. The van der Waals surface area contributed by atoms with Crippen molar-refractivity contribution >= 4 is 0 Å². The van der Waals surface area contributed by atoms with Gasteiger partial charge in [-0.3, -0.25) is 0 Å². The second kappa shape index (κ2) is 7.91. The number of hydrogen-bond acceptors (Lipinski definition) is 5. The lowest BCUT2D eigenvalue weighted by molar-refractivity contribution is 0.323. The summed E-state index contributed by atoms with van der Waals surface area (Å²) in [6.07, 6.45) is 1.76. The van der Waals surface area contributed by atoms with Gasteiger partial charge in [0.05, 0.1) is 39.4 Å². The molecule has 1 unspecified atom stereocenters. The number of rotatable bonds is 7. The Hall–Kier alpha value is -2.40. The van der Waals surface area contributed by atoms with Gasteiger partial charge in [-0.25, -0.2) is 0 Å². The van der Waals surface area contributed by atoms with Gasteiger partial charge in [0.2, 0.25) is 5.75 Å². The van der Waals surface area contributed by atoms with Crippen molar-refractivity contribution in [2.75, 3.05) is 21.3 Å². The van der Waals surface area contributed by atoms with Crippen LogP contribution in [0.1, 0.15) is 30.7 Å². The van der Waals surface area contributed by atoms with Gasteiger partial charge in [0.1, 0.15) is 0 Å². The van der Waals surface area contributed by atoms with Gasteiger partial charge in [-0.05, 0) is 30.5 Å². The third-order valence-electron chi connectivity index (χ3n) is 3.03. The first-order chi connectivity index (χ1) is 9.71. The molecular weight excluding hydrogens is 256 g/mol. The molecule has 1 atom stereocenters. The minimum absolute atomic E-state index is 0.294. The molecule has 0 saturated carbocycles. The van der Waals surface area contributed by atoms with E-state index in [1.54, 1.807) is 12.1 Å². The van der Waals surface area contributed by atoms with Gasteiger partial charge in [-0.1, -0.05) is 0 Å². The maximum Gasteiger partial charge on any atom is 0.203 e. The number of unbranched alkanes of at least 4 members (excludes halogenated alkanes) is 1. The van der Waals surface area contributed by atoms with Crippen LogP contribution in [0.25, 0.3) is 0 Å². The highest BCUT2D eigenvalue weighted by molar-refractivity contribution is 5.55. The first-order valence-electron chi connectivity index (χ1n) is 6.28. The summed E-state index contributed by atoms with van der Waals surface area (Å²) >= 11 is 0. The van der Waals surface area contributed by atoms with Crippen LogP contribution in [-0.2, 0) is 0 Å². The van der Waals surface area contributed by atoms with E-state index in [0.29, 0.717) is 36.5 Å². The molecule has 1 aromatic carbocycles. The molecular formula is C15H18N2O3. The standard InChI is InChI=1S/C15H18N2O3/c1-18-13-8-12(9-14(19-2)15(13)20-3)11(10-17)6-4-5-7-16/h8-9,11H,4-6H2,1-3H3. The van der Waals surface area contributed by atoms with Gasteiger partial charge >= 0.3 is 0 Å². The molecule has 0 amide bonds. The molecule has 0 spiro atoms. The molecule has 0 heterocycles. The number of nitriles is 2. The Morgan fingerprint density at radius 2 is 1.65 bits per heavy atom. The average molecular weight is 274 g/mol. The molecule has 0 bridgehead atoms. The van der Waals surface area contributed by atoms with Crippen LogP contribution in [0.4, 0.5) is 0 Å². The van der Waals surface area contributed by atoms with Gasteiger partial charge in [-0.2, -0.15) is 10.5 Å². The summed E-state index contributed by atoms with van der Waals surface area (Å²) < 4.78 is 15.8. The highest BCUT2D eigenvalue weighted by Gasteiger charge is 2.18. The summed E-state index contributed by atoms with van der Waals surface area (Å²) in [6.45, 7) is 0. The molecule has 0 N–H and O–H groups in total. The summed E-state index contributed by atoms with van der Waals surface area (Å²) in [4.78, 5) is 0. The largest absolute Gasteiger partial charge is 0.493 e. The van der Waals surface area contributed by atoms with Crippen LogP contribution in [0.5, 0.6) is 17.2 Å². The number of benzene rings is 1. The maximum absolute atomic E-state index is 9.29. The second-order valence-corrected chi connectivity index (χ2v) is 4.19. The highest BCUT2D eigenvalue weighted by Crippen LogP contribution is 2.40. The first-order valence-corrected chi connectivity index (χ1v) is 6.28. The fourth-order valence-corrected chi connectivity index (χ4v) is 1.99. The minimum atomic E-state index is -0.294. The Labute approximate surface area is 119 Å². The van der Waals surface area contributed by atoms with Crippen LogP contribution in [0.15, 0.2) is 12.1 Å². The maximum atomic E-state index is 9.29. The van der Waals surface area contributed by atoms with E-state index < -0.39 is 0 Å². The Kier molecular flexibility index (Phi) is 6.19. The predicted molar refractivity (Wildman–Crippen MR) is 73.9 cm³/mol. The second-order valence-electron chi connectivity index (χ2n) is 4.19. The van der Waals surface area contributed by atoms with Crippen molar-refractivity contribution < 1.29 is 14.2 Å². The van der Waals surface area contributed by atoms with E-state index in [1.165, 1.54) is 21.3 Å². The van der Waals surface area contributed by atoms with Crippen molar-refractivity contribution in [3.05, 3.63) is 17.7 Å². The smallest absolute Gasteiger partial charge is 0.203 e. The van der Waals surface area contributed by atoms with E-state index in [1.807, 2.05) is 0 Å². The molecule has 0 fully saturated rings. The molecule has 0 aromatic heterocycles.